The van der Waals surface area contributed by atoms with Gasteiger partial charge in [0.25, 0.3) is 0 Å². The fourth-order valence-electron chi connectivity index (χ4n) is 2.68. The molecule has 2 aromatic carbocycles. The smallest absolute Gasteiger partial charge is 0.133 e. The molecule has 1 heterocycles. The minimum atomic E-state index is -0.625. The minimum Gasteiger partial charge on any atom is -0.496 e. The van der Waals surface area contributed by atoms with Gasteiger partial charge >= 0.3 is 0 Å². The van der Waals surface area contributed by atoms with E-state index in [1.54, 1.807) is 26.4 Å². The van der Waals surface area contributed by atoms with Gasteiger partial charge < -0.3 is 19.3 Å². The van der Waals surface area contributed by atoms with Gasteiger partial charge in [-0.2, -0.15) is 0 Å². The molecule has 0 amide bonds. The first-order valence-corrected chi connectivity index (χ1v) is 6.88. The Labute approximate surface area is 123 Å². The van der Waals surface area contributed by atoms with Crippen LogP contribution < -0.4 is 14.2 Å². The maximum atomic E-state index is 10.5. The van der Waals surface area contributed by atoms with Crippen LogP contribution in [-0.4, -0.2) is 19.3 Å². The van der Waals surface area contributed by atoms with Crippen molar-refractivity contribution < 1.29 is 19.3 Å². The molecule has 4 heteroatoms. The summed E-state index contributed by atoms with van der Waals surface area (Å²) in [5.74, 6) is 1.84. The van der Waals surface area contributed by atoms with Crippen LogP contribution in [0.4, 0.5) is 0 Å². The van der Waals surface area contributed by atoms with E-state index in [9.17, 15) is 5.11 Å². The van der Waals surface area contributed by atoms with Crippen molar-refractivity contribution >= 4 is 0 Å². The molecule has 1 N–H and O–H groups in total. The SMILES string of the molecule is COc1cc(OC)c2c(c1)O[C@H](c1ccccc1)C[C@@H]2O. The van der Waals surface area contributed by atoms with Crippen LogP contribution in [0, 0.1) is 0 Å². The third kappa shape index (κ3) is 2.54. The van der Waals surface area contributed by atoms with Crippen molar-refractivity contribution in [2.75, 3.05) is 14.2 Å². The quantitative estimate of drug-likeness (QED) is 0.941. The average molecular weight is 286 g/mol. The van der Waals surface area contributed by atoms with Crippen LogP contribution in [0.1, 0.15) is 29.8 Å². The van der Waals surface area contributed by atoms with E-state index in [0.717, 1.165) is 5.56 Å². The number of benzene rings is 2. The van der Waals surface area contributed by atoms with E-state index in [4.69, 9.17) is 14.2 Å². The summed E-state index contributed by atoms with van der Waals surface area (Å²) in [5, 5.41) is 10.5. The van der Waals surface area contributed by atoms with Crippen molar-refractivity contribution in [1.29, 1.82) is 0 Å². The van der Waals surface area contributed by atoms with E-state index >= 15 is 0 Å². The van der Waals surface area contributed by atoms with Crippen molar-refractivity contribution in [2.45, 2.75) is 18.6 Å². The van der Waals surface area contributed by atoms with Gasteiger partial charge in [-0.05, 0) is 5.56 Å². The summed E-state index contributed by atoms with van der Waals surface area (Å²) < 4.78 is 16.7. The third-order valence-corrected chi connectivity index (χ3v) is 3.74. The molecule has 4 nitrogen and oxygen atoms in total. The summed E-state index contributed by atoms with van der Waals surface area (Å²) in [7, 11) is 3.17. The molecule has 1 aliphatic rings. The second kappa shape index (κ2) is 5.66. The monoisotopic (exact) mass is 286 g/mol. The van der Waals surface area contributed by atoms with Gasteiger partial charge in [-0.15, -0.1) is 0 Å². The molecule has 110 valence electrons. The van der Waals surface area contributed by atoms with Crippen molar-refractivity contribution in [3.8, 4) is 17.2 Å². The lowest BCUT2D eigenvalue weighted by molar-refractivity contribution is 0.0630. The minimum absolute atomic E-state index is 0.175. The Kier molecular flexibility index (Phi) is 3.71. The van der Waals surface area contributed by atoms with Crippen LogP contribution >= 0.6 is 0 Å². The predicted molar refractivity (Wildman–Crippen MR) is 78.9 cm³/mol. The van der Waals surface area contributed by atoms with Gasteiger partial charge in [0, 0.05) is 18.6 Å². The fourth-order valence-corrected chi connectivity index (χ4v) is 2.68. The molecule has 0 radical (unpaired) electrons. The number of ether oxygens (including phenoxy) is 3. The topological polar surface area (TPSA) is 47.9 Å². The third-order valence-electron chi connectivity index (χ3n) is 3.74. The first-order chi connectivity index (χ1) is 10.2. The standard InChI is InChI=1S/C17H18O4/c1-19-12-8-15(20-2)17-13(18)10-14(21-16(17)9-12)11-6-4-3-5-7-11/h3-9,13-14,18H,10H2,1-2H3/t13-,14-/m0/s1. The predicted octanol–water partition coefficient (Wildman–Crippen LogP) is 3.26. The average Bonchev–Trinajstić information content (AvgIpc) is 2.54. The number of hydrogen-bond donors (Lipinski definition) is 1. The van der Waals surface area contributed by atoms with Gasteiger partial charge in [0.15, 0.2) is 0 Å². The van der Waals surface area contributed by atoms with E-state index in [1.165, 1.54) is 0 Å². The maximum absolute atomic E-state index is 10.5. The van der Waals surface area contributed by atoms with E-state index in [0.29, 0.717) is 29.2 Å². The summed E-state index contributed by atoms with van der Waals surface area (Å²) in [6.07, 6.45) is -0.301. The lowest BCUT2D eigenvalue weighted by Gasteiger charge is -2.31. The molecule has 0 spiro atoms. The zero-order chi connectivity index (χ0) is 14.8. The number of hydrogen-bond acceptors (Lipinski definition) is 4. The summed E-state index contributed by atoms with van der Waals surface area (Å²) in [4.78, 5) is 0. The Balaban J connectivity index is 2.01. The normalized spacial score (nSPS) is 20.3. The first kappa shape index (κ1) is 13.8. The van der Waals surface area contributed by atoms with Crippen LogP contribution in [0.15, 0.2) is 42.5 Å². The van der Waals surface area contributed by atoms with Crippen molar-refractivity contribution in [3.63, 3.8) is 0 Å². The molecule has 0 aliphatic carbocycles. The molecular formula is C17H18O4. The number of fused-ring (bicyclic) bond motifs is 1. The molecule has 2 aromatic rings. The van der Waals surface area contributed by atoms with E-state index in [-0.39, 0.29) is 6.10 Å². The van der Waals surface area contributed by atoms with Crippen molar-refractivity contribution in [2.24, 2.45) is 0 Å². The summed E-state index contributed by atoms with van der Waals surface area (Å²) in [6.45, 7) is 0. The van der Waals surface area contributed by atoms with Gasteiger partial charge in [0.05, 0.1) is 25.9 Å². The maximum Gasteiger partial charge on any atom is 0.133 e. The van der Waals surface area contributed by atoms with Crippen LogP contribution in [0.2, 0.25) is 0 Å². The largest absolute Gasteiger partial charge is 0.496 e. The molecule has 0 saturated carbocycles. The Morgan fingerprint density at radius 1 is 1.10 bits per heavy atom. The molecule has 0 fully saturated rings. The Hall–Kier alpha value is -2.20. The second-order valence-corrected chi connectivity index (χ2v) is 5.01. The van der Waals surface area contributed by atoms with Gasteiger partial charge in [-0.25, -0.2) is 0 Å². The fraction of sp³-hybridized carbons (Fsp3) is 0.294. The Morgan fingerprint density at radius 3 is 2.52 bits per heavy atom. The lowest BCUT2D eigenvalue weighted by Crippen LogP contribution is -2.19. The molecule has 0 aromatic heterocycles. The zero-order valence-corrected chi connectivity index (χ0v) is 12.1. The molecular weight excluding hydrogens is 268 g/mol. The van der Waals surface area contributed by atoms with Gasteiger partial charge in [-0.1, -0.05) is 30.3 Å². The number of aliphatic hydroxyl groups is 1. The highest BCUT2D eigenvalue weighted by molar-refractivity contribution is 5.53. The number of aliphatic hydroxyl groups excluding tert-OH is 1. The molecule has 2 atom stereocenters. The van der Waals surface area contributed by atoms with E-state index in [1.807, 2.05) is 30.3 Å². The van der Waals surface area contributed by atoms with Gasteiger partial charge in [-0.3, -0.25) is 0 Å². The van der Waals surface area contributed by atoms with Crippen LogP contribution in [0.5, 0.6) is 17.2 Å². The first-order valence-electron chi connectivity index (χ1n) is 6.88. The molecule has 0 saturated heterocycles. The number of methoxy groups -OCH3 is 2. The van der Waals surface area contributed by atoms with Crippen molar-refractivity contribution in [3.05, 3.63) is 53.6 Å². The van der Waals surface area contributed by atoms with Crippen LogP contribution in [-0.2, 0) is 0 Å². The Bertz CT molecular complexity index is 624. The second-order valence-electron chi connectivity index (χ2n) is 5.01. The zero-order valence-electron chi connectivity index (χ0n) is 12.1. The van der Waals surface area contributed by atoms with Crippen LogP contribution in [0.25, 0.3) is 0 Å². The van der Waals surface area contributed by atoms with Gasteiger partial charge in [0.2, 0.25) is 0 Å². The summed E-state index contributed by atoms with van der Waals surface area (Å²) in [5.41, 5.74) is 1.73. The molecule has 1 aliphatic heterocycles. The number of rotatable bonds is 3. The molecule has 0 unspecified atom stereocenters. The van der Waals surface area contributed by atoms with E-state index < -0.39 is 6.10 Å². The van der Waals surface area contributed by atoms with Crippen molar-refractivity contribution in [1.82, 2.24) is 0 Å². The highest BCUT2D eigenvalue weighted by atomic mass is 16.5. The molecule has 0 bridgehead atoms. The van der Waals surface area contributed by atoms with Crippen LogP contribution in [0.3, 0.4) is 0 Å². The Morgan fingerprint density at radius 2 is 1.86 bits per heavy atom. The van der Waals surface area contributed by atoms with Gasteiger partial charge in [0.1, 0.15) is 23.4 Å². The highest BCUT2D eigenvalue weighted by Gasteiger charge is 2.31. The van der Waals surface area contributed by atoms with E-state index in [2.05, 4.69) is 0 Å². The highest BCUT2D eigenvalue weighted by Crippen LogP contribution is 2.47. The molecule has 21 heavy (non-hydrogen) atoms. The lowest BCUT2D eigenvalue weighted by atomic mass is 9.94. The summed E-state index contributed by atoms with van der Waals surface area (Å²) in [6, 6.07) is 13.4. The molecule has 3 rings (SSSR count). The summed E-state index contributed by atoms with van der Waals surface area (Å²) >= 11 is 0.